The number of halogens is 1. The van der Waals surface area contributed by atoms with Gasteiger partial charge in [0.05, 0.1) is 19.3 Å². The van der Waals surface area contributed by atoms with Crippen molar-refractivity contribution in [3.63, 3.8) is 0 Å². The highest BCUT2D eigenvalue weighted by Crippen LogP contribution is 2.15. The SMILES string of the molecule is C=CCN1CC(OCc2cccc(F)c2)CN(C(=O)OC(C)(C)C)CC1=O. The molecule has 1 aromatic carbocycles. The molecule has 1 aromatic rings. The van der Waals surface area contributed by atoms with Gasteiger partial charge >= 0.3 is 6.09 Å². The van der Waals surface area contributed by atoms with Gasteiger partial charge in [0, 0.05) is 13.1 Å². The fourth-order valence-electron chi connectivity index (χ4n) is 2.72. The van der Waals surface area contributed by atoms with E-state index in [-0.39, 0.29) is 31.4 Å². The number of ether oxygens (including phenoxy) is 2. The second kappa shape index (κ2) is 8.99. The maximum atomic E-state index is 13.3. The predicted molar refractivity (Wildman–Crippen MR) is 99.6 cm³/mol. The highest BCUT2D eigenvalue weighted by Gasteiger charge is 2.32. The van der Waals surface area contributed by atoms with Crippen LogP contribution in [0.3, 0.4) is 0 Å². The normalized spacial score (nSPS) is 18.2. The van der Waals surface area contributed by atoms with Crippen molar-refractivity contribution in [1.29, 1.82) is 0 Å². The second-order valence-corrected chi connectivity index (χ2v) is 7.51. The van der Waals surface area contributed by atoms with Gasteiger partial charge in [0.25, 0.3) is 0 Å². The molecule has 1 heterocycles. The van der Waals surface area contributed by atoms with E-state index in [2.05, 4.69) is 6.58 Å². The number of carbonyl (C=O) groups excluding carboxylic acids is 2. The van der Waals surface area contributed by atoms with E-state index in [1.807, 2.05) is 0 Å². The summed E-state index contributed by atoms with van der Waals surface area (Å²) in [7, 11) is 0. The third-order valence-corrected chi connectivity index (χ3v) is 3.90. The molecule has 1 aliphatic rings. The zero-order valence-corrected chi connectivity index (χ0v) is 16.1. The number of carbonyl (C=O) groups is 2. The molecule has 0 N–H and O–H groups in total. The first-order chi connectivity index (χ1) is 12.7. The van der Waals surface area contributed by atoms with Gasteiger partial charge in [-0.2, -0.15) is 0 Å². The van der Waals surface area contributed by atoms with Gasteiger partial charge in [-0.15, -0.1) is 6.58 Å². The lowest BCUT2D eigenvalue weighted by Gasteiger charge is -2.27. The Labute approximate surface area is 159 Å². The molecular formula is C20H27FN2O4. The van der Waals surface area contributed by atoms with E-state index in [0.717, 1.165) is 0 Å². The number of nitrogens with zero attached hydrogens (tertiary/aromatic N) is 2. The van der Waals surface area contributed by atoms with E-state index < -0.39 is 17.8 Å². The summed E-state index contributed by atoms with van der Waals surface area (Å²) in [4.78, 5) is 27.9. The molecule has 0 saturated carbocycles. The van der Waals surface area contributed by atoms with Crippen LogP contribution >= 0.6 is 0 Å². The first-order valence-corrected chi connectivity index (χ1v) is 8.90. The Kier molecular flexibility index (Phi) is 6.96. The average molecular weight is 378 g/mol. The van der Waals surface area contributed by atoms with Gasteiger partial charge in [-0.1, -0.05) is 18.2 Å². The Morgan fingerprint density at radius 2 is 2.11 bits per heavy atom. The molecule has 0 aliphatic carbocycles. The summed E-state index contributed by atoms with van der Waals surface area (Å²) in [6, 6.07) is 6.14. The fourth-order valence-corrected chi connectivity index (χ4v) is 2.72. The van der Waals surface area contributed by atoms with Crippen molar-refractivity contribution in [1.82, 2.24) is 9.80 Å². The van der Waals surface area contributed by atoms with Gasteiger partial charge in [0.2, 0.25) is 5.91 Å². The minimum Gasteiger partial charge on any atom is -0.444 e. The van der Waals surface area contributed by atoms with Gasteiger partial charge < -0.3 is 14.4 Å². The van der Waals surface area contributed by atoms with E-state index >= 15 is 0 Å². The van der Waals surface area contributed by atoms with Crippen LogP contribution in [0.2, 0.25) is 0 Å². The van der Waals surface area contributed by atoms with Gasteiger partial charge in [0.15, 0.2) is 0 Å². The summed E-state index contributed by atoms with van der Waals surface area (Å²) in [5.74, 6) is -0.534. The van der Waals surface area contributed by atoms with Crippen LogP contribution in [0.5, 0.6) is 0 Å². The Balaban J connectivity index is 2.10. The third-order valence-electron chi connectivity index (χ3n) is 3.90. The summed E-state index contributed by atoms with van der Waals surface area (Å²) in [6.45, 7) is 9.97. The zero-order valence-electron chi connectivity index (χ0n) is 16.1. The molecule has 1 atom stereocenters. The molecular weight excluding hydrogens is 351 g/mol. The van der Waals surface area contributed by atoms with Crippen LogP contribution in [0.4, 0.5) is 9.18 Å². The van der Waals surface area contributed by atoms with Gasteiger partial charge in [0.1, 0.15) is 18.0 Å². The van der Waals surface area contributed by atoms with E-state index in [1.165, 1.54) is 17.0 Å². The molecule has 7 heteroatoms. The lowest BCUT2D eigenvalue weighted by Crippen LogP contribution is -2.42. The average Bonchev–Trinajstić information content (AvgIpc) is 2.71. The van der Waals surface area contributed by atoms with Crippen molar-refractivity contribution in [3.8, 4) is 0 Å². The molecule has 6 nitrogen and oxygen atoms in total. The lowest BCUT2D eigenvalue weighted by molar-refractivity contribution is -0.131. The first-order valence-electron chi connectivity index (χ1n) is 8.90. The van der Waals surface area contributed by atoms with Crippen LogP contribution in [-0.2, 0) is 20.9 Å². The van der Waals surface area contributed by atoms with E-state index in [0.29, 0.717) is 18.7 Å². The number of benzene rings is 1. The molecule has 148 valence electrons. The lowest BCUT2D eigenvalue weighted by atomic mass is 10.2. The maximum absolute atomic E-state index is 13.3. The van der Waals surface area contributed by atoms with Crippen molar-refractivity contribution in [2.75, 3.05) is 26.2 Å². The van der Waals surface area contributed by atoms with Crippen molar-refractivity contribution in [2.24, 2.45) is 0 Å². The van der Waals surface area contributed by atoms with Crippen LogP contribution in [0.15, 0.2) is 36.9 Å². The van der Waals surface area contributed by atoms with Gasteiger partial charge in [-0.25, -0.2) is 9.18 Å². The minimum atomic E-state index is -0.662. The van der Waals surface area contributed by atoms with Crippen LogP contribution in [0.25, 0.3) is 0 Å². The van der Waals surface area contributed by atoms with Crippen molar-refractivity contribution in [3.05, 3.63) is 48.3 Å². The van der Waals surface area contributed by atoms with E-state index in [9.17, 15) is 14.0 Å². The summed E-state index contributed by atoms with van der Waals surface area (Å²) >= 11 is 0. The zero-order chi connectivity index (χ0) is 20.0. The topological polar surface area (TPSA) is 59.1 Å². The highest BCUT2D eigenvalue weighted by atomic mass is 19.1. The summed E-state index contributed by atoms with van der Waals surface area (Å²) in [6.07, 6.45) is 0.646. The molecule has 2 rings (SSSR count). The Hall–Kier alpha value is -2.41. The van der Waals surface area contributed by atoms with E-state index in [4.69, 9.17) is 9.47 Å². The molecule has 2 amide bonds. The van der Waals surface area contributed by atoms with Crippen LogP contribution < -0.4 is 0 Å². The molecule has 1 fully saturated rings. The summed E-state index contributed by atoms with van der Waals surface area (Å²) < 4.78 is 24.6. The molecule has 1 aliphatic heterocycles. The number of rotatable bonds is 5. The highest BCUT2D eigenvalue weighted by molar-refractivity contribution is 5.83. The summed E-state index contributed by atoms with van der Waals surface area (Å²) in [5, 5.41) is 0. The number of hydrogen-bond acceptors (Lipinski definition) is 4. The van der Waals surface area contributed by atoms with E-state index in [1.54, 1.807) is 43.9 Å². The molecule has 0 spiro atoms. The monoisotopic (exact) mass is 378 g/mol. The predicted octanol–water partition coefficient (Wildman–Crippen LogP) is 2.98. The smallest absolute Gasteiger partial charge is 0.410 e. The van der Waals surface area contributed by atoms with Crippen molar-refractivity contribution < 1.29 is 23.5 Å². The van der Waals surface area contributed by atoms with Crippen molar-refractivity contribution >= 4 is 12.0 Å². The minimum absolute atomic E-state index is 0.0808. The molecule has 1 saturated heterocycles. The van der Waals surface area contributed by atoms with Crippen LogP contribution in [0, 0.1) is 5.82 Å². The van der Waals surface area contributed by atoms with Gasteiger partial charge in [-0.3, -0.25) is 9.69 Å². The molecule has 0 aromatic heterocycles. The molecule has 0 radical (unpaired) electrons. The van der Waals surface area contributed by atoms with Gasteiger partial charge in [-0.05, 0) is 38.5 Å². The third kappa shape index (κ3) is 6.67. The first kappa shape index (κ1) is 20.9. The number of hydrogen-bond donors (Lipinski definition) is 0. The molecule has 27 heavy (non-hydrogen) atoms. The Morgan fingerprint density at radius 1 is 1.37 bits per heavy atom. The maximum Gasteiger partial charge on any atom is 0.410 e. The number of amides is 2. The molecule has 0 bridgehead atoms. The standard InChI is InChI=1S/C20H27FN2O4/c1-5-9-22-11-17(26-14-15-7-6-8-16(21)10-15)12-23(13-18(22)24)19(25)27-20(2,3)4/h5-8,10,17H,1,9,11-14H2,2-4H3. The Bertz CT molecular complexity index is 687. The fraction of sp³-hybridized carbons (Fsp3) is 0.500. The summed E-state index contributed by atoms with van der Waals surface area (Å²) in [5.41, 5.74) is 0.0233. The van der Waals surface area contributed by atoms with Crippen molar-refractivity contribution in [2.45, 2.75) is 39.1 Å². The quantitative estimate of drug-likeness (QED) is 0.739. The largest absolute Gasteiger partial charge is 0.444 e. The Morgan fingerprint density at radius 3 is 2.74 bits per heavy atom. The second-order valence-electron chi connectivity index (χ2n) is 7.51. The van der Waals surface area contributed by atoms with Crippen LogP contribution in [-0.4, -0.2) is 59.7 Å². The molecule has 1 unspecified atom stereocenters. The van der Waals surface area contributed by atoms with Crippen LogP contribution in [0.1, 0.15) is 26.3 Å².